The number of rotatable bonds is 4. The summed E-state index contributed by atoms with van der Waals surface area (Å²) in [6, 6.07) is 8.38. The fourth-order valence-electron chi connectivity index (χ4n) is 1.54. The molecule has 0 aliphatic carbocycles. The number of hydrogen-bond acceptors (Lipinski definition) is 3. The maximum atomic E-state index is 5.54. The van der Waals surface area contributed by atoms with Crippen molar-refractivity contribution in [3.05, 3.63) is 36.1 Å². The van der Waals surface area contributed by atoms with Crippen molar-refractivity contribution in [1.29, 1.82) is 0 Å². The molecule has 3 nitrogen and oxygen atoms in total. The van der Waals surface area contributed by atoms with E-state index in [0.29, 0.717) is 12.6 Å². The van der Waals surface area contributed by atoms with Gasteiger partial charge in [0.1, 0.15) is 5.58 Å². The van der Waals surface area contributed by atoms with Crippen LogP contribution in [0.25, 0.3) is 11.0 Å². The van der Waals surface area contributed by atoms with Crippen LogP contribution in [0.15, 0.2) is 34.9 Å². The van der Waals surface area contributed by atoms with Crippen LogP contribution in [0.4, 0.5) is 0 Å². The Hall–Kier alpha value is -1.32. The molecule has 1 aromatic carbocycles. The van der Waals surface area contributed by atoms with Crippen LogP contribution in [0.3, 0.4) is 0 Å². The molecule has 2 rings (SSSR count). The Morgan fingerprint density at radius 3 is 3.00 bits per heavy atom. The van der Waals surface area contributed by atoms with Crippen molar-refractivity contribution in [3.8, 4) is 0 Å². The minimum atomic E-state index is 0.332. The molecule has 80 valence electrons. The molecule has 0 aliphatic heterocycles. The Kier molecular flexibility index (Phi) is 3.04. The summed E-state index contributed by atoms with van der Waals surface area (Å²) in [7, 11) is 0. The van der Waals surface area contributed by atoms with Crippen LogP contribution >= 0.6 is 0 Å². The van der Waals surface area contributed by atoms with E-state index in [1.807, 2.05) is 18.2 Å². The normalized spacial score (nSPS) is 13.2. The number of nitrogens with one attached hydrogen (secondary N) is 1. The van der Waals surface area contributed by atoms with Crippen molar-refractivity contribution in [3.63, 3.8) is 0 Å². The SMILES string of the molecule is CC(CN)NCc1coc2ccccc12. The van der Waals surface area contributed by atoms with Crippen LogP contribution < -0.4 is 11.1 Å². The van der Waals surface area contributed by atoms with Crippen molar-refractivity contribution < 1.29 is 4.42 Å². The van der Waals surface area contributed by atoms with E-state index in [1.165, 1.54) is 10.9 Å². The van der Waals surface area contributed by atoms with E-state index in [9.17, 15) is 0 Å². The zero-order chi connectivity index (χ0) is 10.7. The van der Waals surface area contributed by atoms with Gasteiger partial charge in [-0.3, -0.25) is 0 Å². The first-order chi connectivity index (χ1) is 7.31. The molecular weight excluding hydrogens is 188 g/mol. The molecule has 0 saturated carbocycles. The monoisotopic (exact) mass is 204 g/mol. The topological polar surface area (TPSA) is 51.2 Å². The summed E-state index contributed by atoms with van der Waals surface area (Å²) < 4.78 is 5.44. The summed E-state index contributed by atoms with van der Waals surface area (Å²) in [6.45, 7) is 3.52. The smallest absolute Gasteiger partial charge is 0.134 e. The van der Waals surface area contributed by atoms with E-state index in [4.69, 9.17) is 10.2 Å². The van der Waals surface area contributed by atoms with Gasteiger partial charge in [-0.05, 0) is 13.0 Å². The van der Waals surface area contributed by atoms with Crippen LogP contribution in [-0.2, 0) is 6.54 Å². The van der Waals surface area contributed by atoms with Crippen LogP contribution in [0.2, 0.25) is 0 Å². The second kappa shape index (κ2) is 4.47. The molecule has 1 aromatic heterocycles. The van der Waals surface area contributed by atoms with Crippen LogP contribution in [0.1, 0.15) is 12.5 Å². The molecule has 1 heterocycles. The summed E-state index contributed by atoms with van der Waals surface area (Å²) in [5, 5.41) is 4.52. The van der Waals surface area contributed by atoms with Crippen molar-refractivity contribution in [2.75, 3.05) is 6.54 Å². The highest BCUT2D eigenvalue weighted by molar-refractivity contribution is 5.80. The van der Waals surface area contributed by atoms with Gasteiger partial charge >= 0.3 is 0 Å². The van der Waals surface area contributed by atoms with Gasteiger partial charge in [-0.15, -0.1) is 0 Å². The van der Waals surface area contributed by atoms with Gasteiger partial charge in [0.15, 0.2) is 0 Å². The molecule has 0 saturated heterocycles. The average Bonchev–Trinajstić information content (AvgIpc) is 2.69. The molecule has 1 atom stereocenters. The van der Waals surface area contributed by atoms with Gasteiger partial charge in [-0.25, -0.2) is 0 Å². The zero-order valence-electron chi connectivity index (χ0n) is 8.86. The summed E-state index contributed by atoms with van der Waals surface area (Å²) in [6.07, 6.45) is 1.81. The van der Waals surface area contributed by atoms with Crippen LogP contribution in [0.5, 0.6) is 0 Å². The van der Waals surface area contributed by atoms with E-state index in [-0.39, 0.29) is 0 Å². The number of furan rings is 1. The summed E-state index contributed by atoms with van der Waals surface area (Å²) in [5.74, 6) is 0. The third-order valence-electron chi connectivity index (χ3n) is 2.56. The molecule has 1 unspecified atom stereocenters. The lowest BCUT2D eigenvalue weighted by Gasteiger charge is -2.09. The maximum Gasteiger partial charge on any atom is 0.134 e. The fourth-order valence-corrected chi connectivity index (χ4v) is 1.54. The molecule has 0 spiro atoms. The highest BCUT2D eigenvalue weighted by Gasteiger charge is 2.05. The minimum absolute atomic E-state index is 0.332. The Morgan fingerprint density at radius 2 is 2.20 bits per heavy atom. The number of hydrogen-bond donors (Lipinski definition) is 2. The quantitative estimate of drug-likeness (QED) is 0.799. The van der Waals surface area contributed by atoms with Gasteiger partial charge in [-0.1, -0.05) is 18.2 Å². The molecule has 0 radical (unpaired) electrons. The van der Waals surface area contributed by atoms with Gasteiger partial charge in [0.05, 0.1) is 6.26 Å². The molecule has 15 heavy (non-hydrogen) atoms. The van der Waals surface area contributed by atoms with Crippen molar-refractivity contribution in [2.24, 2.45) is 5.73 Å². The number of benzene rings is 1. The van der Waals surface area contributed by atoms with Crippen LogP contribution in [0, 0.1) is 0 Å². The molecule has 3 N–H and O–H groups in total. The lowest BCUT2D eigenvalue weighted by atomic mass is 10.1. The zero-order valence-corrected chi connectivity index (χ0v) is 8.86. The van der Waals surface area contributed by atoms with E-state index in [0.717, 1.165) is 12.1 Å². The first-order valence-corrected chi connectivity index (χ1v) is 5.20. The van der Waals surface area contributed by atoms with Crippen molar-refractivity contribution in [2.45, 2.75) is 19.5 Å². The predicted molar refractivity (Wildman–Crippen MR) is 61.6 cm³/mol. The standard InChI is InChI=1S/C12H16N2O/c1-9(6-13)14-7-10-8-15-12-5-3-2-4-11(10)12/h2-5,8-9,14H,6-7,13H2,1H3. The fraction of sp³-hybridized carbons (Fsp3) is 0.333. The molecule has 0 fully saturated rings. The molecule has 0 bridgehead atoms. The van der Waals surface area contributed by atoms with Crippen molar-refractivity contribution in [1.82, 2.24) is 5.32 Å². The Balaban J connectivity index is 2.14. The number of fused-ring (bicyclic) bond motifs is 1. The van der Waals surface area contributed by atoms with E-state index in [1.54, 1.807) is 6.26 Å². The summed E-state index contributed by atoms with van der Waals surface area (Å²) >= 11 is 0. The van der Waals surface area contributed by atoms with Gasteiger partial charge < -0.3 is 15.5 Å². The van der Waals surface area contributed by atoms with Gasteiger partial charge in [0, 0.05) is 30.1 Å². The molecule has 0 amide bonds. The highest BCUT2D eigenvalue weighted by Crippen LogP contribution is 2.20. The summed E-state index contributed by atoms with van der Waals surface area (Å²) in [5.41, 5.74) is 7.66. The minimum Gasteiger partial charge on any atom is -0.464 e. The Morgan fingerprint density at radius 1 is 1.40 bits per heavy atom. The lowest BCUT2D eigenvalue weighted by molar-refractivity contribution is 0.548. The highest BCUT2D eigenvalue weighted by atomic mass is 16.3. The second-order valence-corrected chi connectivity index (χ2v) is 3.77. The molecule has 0 aliphatic rings. The lowest BCUT2D eigenvalue weighted by Crippen LogP contribution is -2.32. The number of nitrogens with two attached hydrogens (primary N) is 1. The second-order valence-electron chi connectivity index (χ2n) is 3.77. The van der Waals surface area contributed by atoms with Gasteiger partial charge in [0.25, 0.3) is 0 Å². The Bertz CT molecular complexity index is 436. The van der Waals surface area contributed by atoms with E-state index < -0.39 is 0 Å². The maximum absolute atomic E-state index is 5.54. The predicted octanol–water partition coefficient (Wildman–Crippen LogP) is 1.87. The Labute approximate surface area is 89.3 Å². The number of para-hydroxylation sites is 1. The van der Waals surface area contributed by atoms with Crippen LogP contribution in [-0.4, -0.2) is 12.6 Å². The average molecular weight is 204 g/mol. The molecular formula is C12H16N2O. The van der Waals surface area contributed by atoms with E-state index >= 15 is 0 Å². The third-order valence-corrected chi connectivity index (χ3v) is 2.56. The van der Waals surface area contributed by atoms with Gasteiger partial charge in [-0.2, -0.15) is 0 Å². The molecule has 2 aromatic rings. The third kappa shape index (κ3) is 2.19. The summed E-state index contributed by atoms with van der Waals surface area (Å²) in [4.78, 5) is 0. The largest absolute Gasteiger partial charge is 0.464 e. The first-order valence-electron chi connectivity index (χ1n) is 5.20. The van der Waals surface area contributed by atoms with Gasteiger partial charge in [0.2, 0.25) is 0 Å². The first kappa shape index (κ1) is 10.2. The molecule has 3 heteroatoms. The van der Waals surface area contributed by atoms with E-state index in [2.05, 4.69) is 18.3 Å². The van der Waals surface area contributed by atoms with Crippen molar-refractivity contribution >= 4 is 11.0 Å².